The van der Waals surface area contributed by atoms with Crippen molar-refractivity contribution in [3.05, 3.63) is 0 Å². The Bertz CT molecular complexity index is 246. The number of aliphatic hydroxyl groups is 1. The first-order valence-corrected chi connectivity index (χ1v) is 3.30. The van der Waals surface area contributed by atoms with E-state index >= 15 is 0 Å². The fourth-order valence-electron chi connectivity index (χ4n) is 0.769. The molecule has 0 fully saturated rings. The fourth-order valence-corrected chi connectivity index (χ4v) is 0.769. The molecule has 0 aliphatic heterocycles. The van der Waals surface area contributed by atoms with Crippen LogP contribution in [0.25, 0.3) is 0 Å². The number of carboxylic acids is 2. The van der Waals surface area contributed by atoms with Crippen LogP contribution in [0.4, 0.5) is 0 Å². The second-order valence-electron chi connectivity index (χ2n) is 2.51. The Morgan fingerprint density at radius 2 is 1.47 bits per heavy atom. The first-order valence-electron chi connectivity index (χ1n) is 3.30. The molecule has 0 aromatic rings. The normalized spacial score (nSPS) is 10.0. The van der Waals surface area contributed by atoms with E-state index in [2.05, 4.69) is 4.89 Å². The zero-order chi connectivity index (χ0) is 11.4. The van der Waals surface area contributed by atoms with Gasteiger partial charge in [0.1, 0.15) is 0 Å². The van der Waals surface area contributed by atoms with Gasteiger partial charge in [-0.25, -0.2) is 4.79 Å². The van der Waals surface area contributed by atoms with Gasteiger partial charge in [0.15, 0.2) is 5.60 Å². The van der Waals surface area contributed by atoms with Crippen molar-refractivity contribution < 1.29 is 62.2 Å². The molecule has 2 N–H and O–H groups in total. The Morgan fingerprint density at radius 1 is 1.13 bits per heavy atom. The summed E-state index contributed by atoms with van der Waals surface area (Å²) in [6, 6.07) is 0. The van der Waals surface area contributed by atoms with Crippen molar-refractivity contribution in [2.24, 2.45) is 0 Å². The molecule has 0 amide bonds. The van der Waals surface area contributed by atoms with Crippen molar-refractivity contribution in [2.75, 3.05) is 0 Å². The smallest absolute Gasteiger partial charge is 0.374 e. The molecule has 0 aliphatic carbocycles. The van der Waals surface area contributed by atoms with Gasteiger partial charge >= 0.3 is 5.97 Å². The van der Waals surface area contributed by atoms with Gasteiger partial charge in [-0.15, -0.1) is 0 Å². The first kappa shape index (κ1) is 16.5. The molecule has 1 radical (unpaired) electrons. The molecule has 0 aliphatic rings. The molecule has 15 heavy (non-hydrogen) atoms. The Balaban J connectivity index is 0. The van der Waals surface area contributed by atoms with Crippen molar-refractivity contribution >= 4 is 17.9 Å². The van der Waals surface area contributed by atoms with Crippen LogP contribution in [0.15, 0.2) is 0 Å². The molecule has 8 nitrogen and oxygen atoms in total. The molecule has 0 aromatic carbocycles. The molecule has 9 heteroatoms. The second-order valence-corrected chi connectivity index (χ2v) is 2.51. The topological polar surface area (TPSA) is 147 Å². The van der Waals surface area contributed by atoms with Gasteiger partial charge in [-0.05, 0) is 0 Å². The summed E-state index contributed by atoms with van der Waals surface area (Å²) in [5, 5.41) is 37.1. The van der Waals surface area contributed by atoms with Crippen LogP contribution in [0.3, 0.4) is 0 Å². The Kier molecular flexibility index (Phi) is 7.19. The van der Waals surface area contributed by atoms with Gasteiger partial charge in [0.2, 0.25) is 0 Å². The number of carbonyl (C=O) groups excluding carboxylic acids is 3. The van der Waals surface area contributed by atoms with Gasteiger partial charge in [0.05, 0.1) is 0 Å². The monoisotopic (exact) mass is 313 g/mol. The Morgan fingerprint density at radius 3 is 1.67 bits per heavy atom. The summed E-state index contributed by atoms with van der Waals surface area (Å²) in [7, 11) is 0. The van der Waals surface area contributed by atoms with Crippen LogP contribution in [0.5, 0.6) is 0 Å². The molecular formula is C6H6AgO8-2. The van der Waals surface area contributed by atoms with Crippen molar-refractivity contribution in [3.8, 4) is 0 Å². The first-order chi connectivity index (χ1) is 6.31. The molecule has 0 spiro atoms. The number of carboxylic acid groups (broad SMARTS) is 2. The summed E-state index contributed by atoms with van der Waals surface area (Å²) in [5.41, 5.74) is -2.88. The standard InChI is InChI=1S/C6H8O8.Ag/c7-3(8)1-6(12,2-4(9)10)5(11)14-13;/h12-13H,1-2H2,(H,7,8)(H,9,10);/p-2. The third kappa shape index (κ3) is 5.50. The predicted molar refractivity (Wildman–Crippen MR) is 32.9 cm³/mol. The number of rotatable bonds is 5. The van der Waals surface area contributed by atoms with E-state index in [-0.39, 0.29) is 22.4 Å². The summed E-state index contributed by atoms with van der Waals surface area (Å²) in [6.45, 7) is 0. The van der Waals surface area contributed by atoms with Crippen LogP contribution >= 0.6 is 0 Å². The minimum atomic E-state index is -2.88. The summed E-state index contributed by atoms with van der Waals surface area (Å²) >= 11 is 0. The number of hydrogen-bond acceptors (Lipinski definition) is 8. The van der Waals surface area contributed by atoms with Crippen LogP contribution in [0.1, 0.15) is 12.8 Å². The molecule has 0 atom stereocenters. The fraction of sp³-hybridized carbons (Fsp3) is 0.500. The SMILES string of the molecule is O=C([O-])CC(O)(CC(=O)[O-])C(=O)OO.[Ag]. The van der Waals surface area contributed by atoms with Gasteiger partial charge < -0.3 is 24.9 Å². The largest absolute Gasteiger partial charge is 0.550 e. The minimum Gasteiger partial charge on any atom is -0.550 e. The van der Waals surface area contributed by atoms with Crippen LogP contribution < -0.4 is 10.2 Å². The van der Waals surface area contributed by atoms with E-state index in [9.17, 15) is 24.6 Å². The molecular weight excluding hydrogens is 308 g/mol. The Labute approximate surface area is 98.9 Å². The zero-order valence-electron chi connectivity index (χ0n) is 7.06. The van der Waals surface area contributed by atoms with Crippen molar-refractivity contribution in [2.45, 2.75) is 18.4 Å². The molecule has 0 aromatic heterocycles. The quantitative estimate of drug-likeness (QED) is 0.296. The minimum absolute atomic E-state index is 0. The number of carbonyl (C=O) groups is 3. The van der Waals surface area contributed by atoms with Gasteiger partial charge in [-0.3, -0.25) is 4.89 Å². The van der Waals surface area contributed by atoms with Gasteiger partial charge in [-0.1, -0.05) is 0 Å². The van der Waals surface area contributed by atoms with E-state index in [1.165, 1.54) is 0 Å². The van der Waals surface area contributed by atoms with E-state index < -0.39 is 36.4 Å². The molecule has 0 heterocycles. The third-order valence-electron chi connectivity index (χ3n) is 1.34. The van der Waals surface area contributed by atoms with Gasteiger partial charge in [0.25, 0.3) is 0 Å². The van der Waals surface area contributed by atoms with E-state index in [1.54, 1.807) is 0 Å². The molecule has 0 bridgehead atoms. The van der Waals surface area contributed by atoms with E-state index in [0.29, 0.717) is 0 Å². The van der Waals surface area contributed by atoms with E-state index in [0.717, 1.165) is 0 Å². The Hall–Kier alpha value is -0.930. The maximum atomic E-state index is 10.6. The average Bonchev–Trinajstić information content (AvgIpc) is 1.99. The van der Waals surface area contributed by atoms with Crippen molar-refractivity contribution in [1.82, 2.24) is 0 Å². The summed E-state index contributed by atoms with van der Waals surface area (Å²) < 4.78 is 0. The summed E-state index contributed by atoms with van der Waals surface area (Å²) in [6.07, 6.45) is -2.64. The van der Waals surface area contributed by atoms with Crippen LogP contribution in [-0.4, -0.2) is 33.9 Å². The zero-order valence-corrected chi connectivity index (χ0v) is 8.54. The second kappa shape index (κ2) is 6.53. The maximum absolute atomic E-state index is 10.6. The average molecular weight is 314 g/mol. The molecule has 0 rings (SSSR count). The summed E-state index contributed by atoms with van der Waals surface area (Å²) in [5.74, 6) is -5.55. The van der Waals surface area contributed by atoms with Gasteiger partial charge in [0, 0.05) is 47.2 Å². The number of aliphatic carboxylic acids is 2. The van der Waals surface area contributed by atoms with Crippen LogP contribution in [0, 0.1) is 0 Å². The molecule has 0 saturated heterocycles. The summed E-state index contributed by atoms with van der Waals surface area (Å²) in [4.78, 5) is 33.7. The maximum Gasteiger partial charge on any atom is 0.374 e. The molecule has 91 valence electrons. The number of hydrogen-bond donors (Lipinski definition) is 2. The van der Waals surface area contributed by atoms with Crippen molar-refractivity contribution in [1.29, 1.82) is 0 Å². The van der Waals surface area contributed by atoms with Crippen LogP contribution in [-0.2, 0) is 41.7 Å². The van der Waals surface area contributed by atoms with Crippen LogP contribution in [0.2, 0.25) is 0 Å². The van der Waals surface area contributed by atoms with E-state index in [1.807, 2.05) is 0 Å². The molecule has 0 unspecified atom stereocenters. The van der Waals surface area contributed by atoms with E-state index in [4.69, 9.17) is 10.4 Å². The third-order valence-corrected chi connectivity index (χ3v) is 1.34. The van der Waals surface area contributed by atoms with Gasteiger partial charge in [-0.2, -0.15) is 5.26 Å². The van der Waals surface area contributed by atoms with Crippen molar-refractivity contribution in [3.63, 3.8) is 0 Å². The predicted octanol–water partition coefficient (Wildman–Crippen LogP) is -3.99. The molecule has 0 saturated carbocycles.